The Morgan fingerprint density at radius 2 is 1.58 bits per heavy atom. The number of hydrogen-bond acceptors (Lipinski definition) is 5. The van der Waals surface area contributed by atoms with Gasteiger partial charge in [-0.3, -0.25) is 19.9 Å². The molecule has 6 rings (SSSR count). The first kappa shape index (κ1) is 23.3. The fourth-order valence-electron chi connectivity index (χ4n) is 7.28. The van der Waals surface area contributed by atoms with Crippen LogP contribution in [0.4, 0.5) is 5.69 Å². The van der Waals surface area contributed by atoms with Gasteiger partial charge in [0, 0.05) is 43.2 Å². The van der Waals surface area contributed by atoms with Gasteiger partial charge in [0.15, 0.2) is 0 Å². The van der Waals surface area contributed by atoms with Gasteiger partial charge in [-0.2, -0.15) is 0 Å². The van der Waals surface area contributed by atoms with E-state index in [9.17, 15) is 10.1 Å². The van der Waals surface area contributed by atoms with Crippen molar-refractivity contribution in [2.24, 2.45) is 11.3 Å². The van der Waals surface area contributed by atoms with Gasteiger partial charge in [0.05, 0.1) is 24.8 Å². The van der Waals surface area contributed by atoms with E-state index in [2.05, 4.69) is 77.4 Å². The number of nitro groups is 1. The summed E-state index contributed by atoms with van der Waals surface area (Å²) in [5.74, 6) is 0.629. The molecule has 2 saturated heterocycles. The summed E-state index contributed by atoms with van der Waals surface area (Å²) < 4.78 is 6.07. The number of fused-ring (bicyclic) bond motifs is 1. The predicted octanol–water partition coefficient (Wildman–Crippen LogP) is 5.45. The van der Waals surface area contributed by atoms with Gasteiger partial charge in [-0.1, -0.05) is 79.7 Å². The number of hydrogen-bond donors (Lipinski definition) is 0. The molecule has 3 aromatic carbocycles. The van der Waals surface area contributed by atoms with Crippen LogP contribution in [0, 0.1) is 21.4 Å². The van der Waals surface area contributed by atoms with E-state index < -0.39 is 0 Å². The van der Waals surface area contributed by atoms with Crippen LogP contribution in [0.2, 0.25) is 0 Å². The minimum Gasteiger partial charge on any atom is -0.381 e. The van der Waals surface area contributed by atoms with Crippen molar-refractivity contribution in [1.82, 2.24) is 9.80 Å². The largest absolute Gasteiger partial charge is 0.381 e. The number of nitrogens with zero attached hydrogens (tertiary/aromatic N) is 3. The lowest BCUT2D eigenvalue weighted by molar-refractivity contribution is -0.384. The van der Waals surface area contributed by atoms with E-state index in [1.807, 2.05) is 12.1 Å². The van der Waals surface area contributed by atoms with E-state index in [0.717, 1.165) is 45.9 Å². The molecule has 3 aliphatic rings. The first-order valence-electron chi connectivity index (χ1n) is 12.8. The maximum Gasteiger partial charge on any atom is 0.269 e. The molecule has 6 heteroatoms. The number of benzene rings is 3. The molecule has 0 N–H and O–H groups in total. The summed E-state index contributed by atoms with van der Waals surface area (Å²) in [6.07, 6.45) is 1.06. The number of ether oxygens (including phenoxy) is 1. The molecule has 6 nitrogen and oxygen atoms in total. The van der Waals surface area contributed by atoms with Gasteiger partial charge < -0.3 is 4.74 Å². The van der Waals surface area contributed by atoms with E-state index in [4.69, 9.17) is 4.74 Å². The molecule has 0 radical (unpaired) electrons. The zero-order valence-electron chi connectivity index (χ0n) is 20.8. The SMILES string of the molecule is C[C@@]12COC[C@H]1[C@H](c1ccc([N+](=O)[O-])cc1)[C@@]1(CN(Cc3ccccc3)CN1Cc1ccccc1)C2. The molecule has 2 aliphatic heterocycles. The van der Waals surface area contributed by atoms with Crippen LogP contribution in [0.5, 0.6) is 0 Å². The Morgan fingerprint density at radius 1 is 0.944 bits per heavy atom. The third-order valence-corrected chi connectivity index (χ3v) is 8.74. The Bertz CT molecular complexity index is 1220. The second-order valence-corrected chi connectivity index (χ2v) is 11.2. The first-order valence-corrected chi connectivity index (χ1v) is 12.8. The lowest BCUT2D eigenvalue weighted by Gasteiger charge is -2.41. The average molecular weight is 484 g/mol. The van der Waals surface area contributed by atoms with Gasteiger partial charge in [0.25, 0.3) is 5.69 Å². The summed E-state index contributed by atoms with van der Waals surface area (Å²) >= 11 is 0. The highest BCUT2D eigenvalue weighted by Crippen LogP contribution is 2.63. The van der Waals surface area contributed by atoms with Crippen LogP contribution in [0.3, 0.4) is 0 Å². The van der Waals surface area contributed by atoms with Crippen LogP contribution in [0.15, 0.2) is 84.9 Å². The second-order valence-electron chi connectivity index (χ2n) is 11.2. The quantitative estimate of drug-likeness (QED) is 0.345. The van der Waals surface area contributed by atoms with Crippen molar-refractivity contribution in [1.29, 1.82) is 0 Å². The van der Waals surface area contributed by atoms with Crippen molar-refractivity contribution in [3.8, 4) is 0 Å². The summed E-state index contributed by atoms with van der Waals surface area (Å²) in [5, 5.41) is 11.4. The zero-order chi connectivity index (χ0) is 24.8. The van der Waals surface area contributed by atoms with Crippen LogP contribution in [0.1, 0.15) is 36.0 Å². The van der Waals surface area contributed by atoms with Gasteiger partial charge in [0.2, 0.25) is 0 Å². The van der Waals surface area contributed by atoms with Gasteiger partial charge in [-0.05, 0) is 34.4 Å². The summed E-state index contributed by atoms with van der Waals surface area (Å²) in [6.45, 7) is 7.59. The third kappa shape index (κ3) is 4.03. The summed E-state index contributed by atoms with van der Waals surface area (Å²) in [5.41, 5.74) is 4.01. The highest BCUT2D eigenvalue weighted by atomic mass is 16.6. The van der Waals surface area contributed by atoms with Crippen molar-refractivity contribution in [2.75, 3.05) is 26.4 Å². The van der Waals surface area contributed by atoms with E-state index in [0.29, 0.717) is 5.92 Å². The lowest BCUT2D eigenvalue weighted by Crippen LogP contribution is -2.49. The fraction of sp³-hybridized carbons (Fsp3) is 0.400. The summed E-state index contributed by atoms with van der Waals surface area (Å²) in [7, 11) is 0. The highest BCUT2D eigenvalue weighted by Gasteiger charge is 2.65. The third-order valence-electron chi connectivity index (χ3n) is 8.74. The maximum absolute atomic E-state index is 11.4. The van der Waals surface area contributed by atoms with Gasteiger partial charge in [0.1, 0.15) is 0 Å². The Balaban J connectivity index is 1.41. The minimum absolute atomic E-state index is 0.0655. The summed E-state index contributed by atoms with van der Waals surface area (Å²) in [6, 6.07) is 28.8. The Hall–Kier alpha value is -3.06. The Labute approximate surface area is 212 Å². The molecule has 1 spiro atoms. The smallest absolute Gasteiger partial charge is 0.269 e. The number of non-ortho nitro benzene ring substituents is 1. The van der Waals surface area contributed by atoms with Crippen LogP contribution in [-0.2, 0) is 17.8 Å². The molecule has 4 atom stereocenters. The van der Waals surface area contributed by atoms with Crippen LogP contribution in [-0.4, -0.2) is 46.7 Å². The topological polar surface area (TPSA) is 58.9 Å². The molecular formula is C30H33N3O3. The van der Waals surface area contributed by atoms with Gasteiger partial charge in [-0.25, -0.2) is 0 Å². The standard InChI is InChI=1S/C30H33N3O3/c1-29-19-30(28(27(29)18-36-21-29)25-12-14-26(15-13-25)33(34)35)20-31(16-23-8-4-2-5-9-23)22-32(30)17-24-10-6-3-7-11-24/h2-15,27-28H,16-22H2,1H3/t27-,28-,29+,30-/m0/s1. The molecule has 0 aromatic heterocycles. The van der Waals surface area contributed by atoms with Crippen molar-refractivity contribution in [2.45, 2.75) is 37.9 Å². The van der Waals surface area contributed by atoms with Crippen molar-refractivity contribution in [3.05, 3.63) is 112 Å². The molecule has 1 aliphatic carbocycles. The van der Waals surface area contributed by atoms with Crippen molar-refractivity contribution < 1.29 is 9.66 Å². The van der Waals surface area contributed by atoms with Gasteiger partial charge in [-0.15, -0.1) is 0 Å². The normalized spacial score (nSPS) is 30.1. The molecule has 0 amide bonds. The van der Waals surface area contributed by atoms with Crippen molar-refractivity contribution in [3.63, 3.8) is 0 Å². The molecule has 2 heterocycles. The van der Waals surface area contributed by atoms with Crippen molar-refractivity contribution >= 4 is 5.69 Å². The molecule has 3 aromatic rings. The lowest BCUT2D eigenvalue weighted by atomic mass is 9.75. The zero-order valence-corrected chi connectivity index (χ0v) is 20.8. The molecule has 36 heavy (non-hydrogen) atoms. The van der Waals surface area contributed by atoms with E-state index in [-0.39, 0.29) is 27.5 Å². The fourth-order valence-corrected chi connectivity index (χ4v) is 7.28. The van der Waals surface area contributed by atoms with E-state index in [1.165, 1.54) is 16.7 Å². The average Bonchev–Trinajstić information content (AvgIpc) is 3.48. The Morgan fingerprint density at radius 3 is 2.22 bits per heavy atom. The number of rotatable bonds is 6. The minimum atomic E-state index is -0.310. The molecule has 1 saturated carbocycles. The molecule has 3 fully saturated rings. The monoisotopic (exact) mass is 483 g/mol. The second kappa shape index (κ2) is 9.11. The summed E-state index contributed by atoms with van der Waals surface area (Å²) in [4.78, 5) is 16.3. The molecule has 0 bridgehead atoms. The Kier molecular flexibility index (Phi) is 5.91. The van der Waals surface area contributed by atoms with E-state index >= 15 is 0 Å². The predicted molar refractivity (Wildman–Crippen MR) is 139 cm³/mol. The molecule has 0 unspecified atom stereocenters. The maximum atomic E-state index is 11.4. The first-order chi connectivity index (χ1) is 17.5. The van der Waals surface area contributed by atoms with Gasteiger partial charge >= 0.3 is 0 Å². The van der Waals surface area contributed by atoms with Crippen LogP contribution < -0.4 is 0 Å². The van der Waals surface area contributed by atoms with Crippen LogP contribution >= 0.6 is 0 Å². The highest BCUT2D eigenvalue weighted by molar-refractivity contribution is 5.39. The van der Waals surface area contributed by atoms with Crippen LogP contribution in [0.25, 0.3) is 0 Å². The molecular weight excluding hydrogens is 450 g/mol. The molecule has 186 valence electrons. The number of nitro benzene ring substituents is 1. The van der Waals surface area contributed by atoms with E-state index in [1.54, 1.807) is 12.1 Å².